The van der Waals surface area contributed by atoms with E-state index in [4.69, 9.17) is 12.2 Å². The number of hydrogen-bond acceptors (Lipinski definition) is 3. The van der Waals surface area contributed by atoms with Crippen molar-refractivity contribution in [3.63, 3.8) is 0 Å². The first-order chi connectivity index (χ1) is 12.1. The summed E-state index contributed by atoms with van der Waals surface area (Å²) in [7, 11) is 0. The molecule has 1 saturated heterocycles. The maximum absolute atomic E-state index is 5.71. The summed E-state index contributed by atoms with van der Waals surface area (Å²) in [4.78, 5) is 8.02. The number of pyridine rings is 1. The van der Waals surface area contributed by atoms with E-state index >= 15 is 0 Å². The van der Waals surface area contributed by atoms with Crippen molar-refractivity contribution < 1.29 is 0 Å². The van der Waals surface area contributed by atoms with E-state index in [1.165, 1.54) is 10.4 Å². The van der Waals surface area contributed by atoms with E-state index in [2.05, 4.69) is 80.5 Å². The quantitative estimate of drug-likeness (QED) is 0.564. The normalized spacial score (nSPS) is 19.9. The summed E-state index contributed by atoms with van der Waals surface area (Å²) in [5, 5.41) is 4.21. The van der Waals surface area contributed by atoms with Crippen LogP contribution >= 0.6 is 39.5 Å². The molecule has 1 aromatic carbocycles. The standard InChI is InChI=1S/C19H16BrN3S2/c1-12-5-4-6-13(11-12)23-18(15-8-9-16(20)25-15)17(22-19(23)24)14-7-2-3-10-21-14/h2-11,17-18H,1H3,(H,22,24)/t17-,18+/m1/s1. The number of hydrogen-bond donors (Lipinski definition) is 1. The third-order valence-electron chi connectivity index (χ3n) is 4.26. The second kappa shape index (κ2) is 6.86. The molecule has 1 aliphatic heterocycles. The number of benzene rings is 1. The van der Waals surface area contributed by atoms with Gasteiger partial charge in [0.1, 0.15) is 0 Å². The van der Waals surface area contributed by atoms with Gasteiger partial charge in [-0.2, -0.15) is 0 Å². The molecule has 3 nitrogen and oxygen atoms in total. The van der Waals surface area contributed by atoms with Crippen molar-refractivity contribution >= 4 is 50.3 Å². The Morgan fingerprint density at radius 2 is 2.04 bits per heavy atom. The highest BCUT2D eigenvalue weighted by molar-refractivity contribution is 9.11. The van der Waals surface area contributed by atoms with Crippen LogP contribution in [-0.4, -0.2) is 10.1 Å². The van der Waals surface area contributed by atoms with Crippen LogP contribution in [0.25, 0.3) is 0 Å². The van der Waals surface area contributed by atoms with E-state index in [0.29, 0.717) is 0 Å². The number of rotatable bonds is 3. The number of thiophene rings is 1. The molecular weight excluding hydrogens is 414 g/mol. The molecule has 0 unspecified atom stereocenters. The molecule has 0 saturated carbocycles. The van der Waals surface area contributed by atoms with Gasteiger partial charge in [0, 0.05) is 16.8 Å². The van der Waals surface area contributed by atoms with Crippen molar-refractivity contribution in [2.45, 2.75) is 19.0 Å². The van der Waals surface area contributed by atoms with Gasteiger partial charge in [0.05, 0.1) is 21.6 Å². The molecule has 0 amide bonds. The van der Waals surface area contributed by atoms with E-state index in [1.54, 1.807) is 11.3 Å². The average Bonchev–Trinajstić information content (AvgIpc) is 3.18. The number of aromatic nitrogens is 1. The largest absolute Gasteiger partial charge is 0.351 e. The van der Waals surface area contributed by atoms with Crippen LogP contribution in [0.3, 0.4) is 0 Å². The maximum atomic E-state index is 5.71. The Labute approximate surface area is 164 Å². The van der Waals surface area contributed by atoms with E-state index in [-0.39, 0.29) is 12.1 Å². The highest BCUT2D eigenvalue weighted by Crippen LogP contribution is 2.44. The minimum absolute atomic E-state index is 0.0137. The van der Waals surface area contributed by atoms with Crippen LogP contribution in [0.4, 0.5) is 5.69 Å². The Hall–Kier alpha value is -1.76. The molecule has 0 radical (unpaired) electrons. The Morgan fingerprint density at radius 3 is 2.72 bits per heavy atom. The van der Waals surface area contributed by atoms with Crippen molar-refractivity contribution in [3.05, 3.63) is 80.7 Å². The lowest BCUT2D eigenvalue weighted by atomic mass is 10.0. The van der Waals surface area contributed by atoms with Gasteiger partial charge in [-0.15, -0.1) is 11.3 Å². The lowest BCUT2D eigenvalue weighted by Gasteiger charge is -2.27. The summed E-state index contributed by atoms with van der Waals surface area (Å²) in [6, 6.07) is 18.8. The molecule has 0 bridgehead atoms. The predicted octanol–water partition coefficient (Wildman–Crippen LogP) is 5.39. The molecule has 4 rings (SSSR count). The zero-order valence-electron chi connectivity index (χ0n) is 13.5. The number of aryl methyl sites for hydroxylation is 1. The van der Waals surface area contributed by atoms with E-state index in [0.717, 1.165) is 20.3 Å². The number of halogens is 1. The number of thiocarbonyl (C=S) groups is 1. The molecule has 6 heteroatoms. The van der Waals surface area contributed by atoms with Gasteiger partial charge in [-0.3, -0.25) is 4.98 Å². The van der Waals surface area contributed by atoms with E-state index in [1.807, 2.05) is 18.3 Å². The molecule has 1 fully saturated rings. The van der Waals surface area contributed by atoms with Gasteiger partial charge >= 0.3 is 0 Å². The van der Waals surface area contributed by atoms with Crippen LogP contribution in [0.15, 0.2) is 64.6 Å². The van der Waals surface area contributed by atoms with Crippen molar-refractivity contribution in [3.8, 4) is 0 Å². The van der Waals surface area contributed by atoms with Gasteiger partial charge in [-0.1, -0.05) is 18.2 Å². The summed E-state index contributed by atoms with van der Waals surface area (Å²) in [6.07, 6.45) is 1.83. The first-order valence-electron chi connectivity index (χ1n) is 7.96. The summed E-state index contributed by atoms with van der Waals surface area (Å²) < 4.78 is 1.12. The maximum Gasteiger partial charge on any atom is 0.174 e. The zero-order valence-corrected chi connectivity index (χ0v) is 16.7. The third kappa shape index (κ3) is 3.21. The van der Waals surface area contributed by atoms with E-state index < -0.39 is 0 Å². The monoisotopic (exact) mass is 429 g/mol. The summed E-state index contributed by atoms with van der Waals surface area (Å²) in [6.45, 7) is 2.10. The molecule has 1 N–H and O–H groups in total. The lowest BCUT2D eigenvalue weighted by molar-refractivity contribution is 0.575. The Bertz CT molecular complexity index is 910. The van der Waals surface area contributed by atoms with Crippen molar-refractivity contribution in [1.82, 2.24) is 10.3 Å². The molecule has 2 aromatic heterocycles. The van der Waals surface area contributed by atoms with Crippen LogP contribution in [-0.2, 0) is 0 Å². The molecule has 3 heterocycles. The summed E-state index contributed by atoms with van der Waals surface area (Å²) in [5.41, 5.74) is 3.31. The first kappa shape index (κ1) is 16.7. The first-order valence-corrected chi connectivity index (χ1v) is 9.98. The number of anilines is 1. The highest BCUT2D eigenvalue weighted by atomic mass is 79.9. The predicted molar refractivity (Wildman–Crippen MR) is 111 cm³/mol. The van der Waals surface area contributed by atoms with Crippen LogP contribution in [0.2, 0.25) is 0 Å². The molecular formula is C19H16BrN3S2. The van der Waals surface area contributed by atoms with Crippen LogP contribution in [0, 0.1) is 6.92 Å². The fourth-order valence-corrected chi connectivity index (χ4v) is 5.09. The number of nitrogens with zero attached hydrogens (tertiary/aromatic N) is 2. The Morgan fingerprint density at radius 1 is 1.16 bits per heavy atom. The lowest BCUT2D eigenvalue weighted by Crippen LogP contribution is -2.29. The van der Waals surface area contributed by atoms with Gasteiger partial charge in [-0.25, -0.2) is 0 Å². The summed E-state index contributed by atoms with van der Waals surface area (Å²) >= 11 is 11.0. The van der Waals surface area contributed by atoms with Gasteiger partial charge in [0.2, 0.25) is 0 Å². The van der Waals surface area contributed by atoms with Crippen molar-refractivity contribution in [1.29, 1.82) is 0 Å². The smallest absolute Gasteiger partial charge is 0.174 e. The molecule has 0 aliphatic carbocycles. The van der Waals surface area contributed by atoms with Gasteiger partial charge in [0.25, 0.3) is 0 Å². The average molecular weight is 430 g/mol. The van der Waals surface area contributed by atoms with Gasteiger partial charge in [-0.05, 0) is 77.0 Å². The molecule has 0 spiro atoms. The fraction of sp³-hybridized carbons (Fsp3) is 0.158. The summed E-state index contributed by atoms with van der Waals surface area (Å²) in [5.74, 6) is 0. The van der Waals surface area contributed by atoms with E-state index in [9.17, 15) is 0 Å². The zero-order chi connectivity index (χ0) is 17.4. The topological polar surface area (TPSA) is 28.2 Å². The Kier molecular flexibility index (Phi) is 4.58. The molecule has 126 valence electrons. The molecule has 3 aromatic rings. The second-order valence-electron chi connectivity index (χ2n) is 5.98. The third-order valence-corrected chi connectivity index (χ3v) is 6.27. The van der Waals surface area contributed by atoms with Crippen molar-refractivity contribution in [2.75, 3.05) is 4.90 Å². The van der Waals surface area contributed by atoms with Crippen LogP contribution in [0.1, 0.15) is 28.2 Å². The van der Waals surface area contributed by atoms with Crippen LogP contribution in [0.5, 0.6) is 0 Å². The highest BCUT2D eigenvalue weighted by Gasteiger charge is 2.41. The van der Waals surface area contributed by atoms with Crippen LogP contribution < -0.4 is 10.2 Å². The molecule has 1 aliphatic rings. The van der Waals surface area contributed by atoms with Gasteiger partial charge < -0.3 is 10.2 Å². The second-order valence-corrected chi connectivity index (χ2v) is 8.86. The minimum Gasteiger partial charge on any atom is -0.351 e. The molecule has 2 atom stereocenters. The van der Waals surface area contributed by atoms with Gasteiger partial charge in [0.15, 0.2) is 5.11 Å². The molecule has 25 heavy (non-hydrogen) atoms. The SMILES string of the molecule is Cc1cccc(N2C(=S)N[C@H](c3ccccn3)[C@@H]2c2ccc(Br)s2)c1. The van der Waals surface area contributed by atoms with Crippen molar-refractivity contribution in [2.24, 2.45) is 0 Å². The Balaban J connectivity index is 1.83. The number of nitrogens with one attached hydrogen (secondary N) is 1. The fourth-order valence-electron chi connectivity index (χ4n) is 3.19. The minimum atomic E-state index is 0.0137.